The number of nitro groups is 1. The van der Waals surface area contributed by atoms with Crippen LogP contribution >= 0.6 is 0 Å². The third-order valence-electron chi connectivity index (χ3n) is 2.97. The molecule has 7 nitrogen and oxygen atoms in total. The van der Waals surface area contributed by atoms with Crippen LogP contribution < -0.4 is 10.6 Å². The van der Waals surface area contributed by atoms with Gasteiger partial charge in [-0.25, -0.2) is 4.98 Å². The topological polar surface area (TPSA) is 94.5 Å². The fourth-order valence-corrected chi connectivity index (χ4v) is 1.98. The van der Waals surface area contributed by atoms with Gasteiger partial charge in [-0.3, -0.25) is 10.1 Å². The van der Waals surface area contributed by atoms with E-state index >= 15 is 0 Å². The van der Waals surface area contributed by atoms with E-state index in [1.54, 1.807) is 13.0 Å². The third-order valence-corrected chi connectivity index (χ3v) is 2.97. The van der Waals surface area contributed by atoms with Gasteiger partial charge in [-0.15, -0.1) is 0 Å². The van der Waals surface area contributed by atoms with Crippen molar-refractivity contribution in [3.05, 3.63) is 27.9 Å². The quantitative estimate of drug-likeness (QED) is 0.620. The number of nitrogens with two attached hydrogens (primary N) is 1. The molecule has 1 aromatic rings. The largest absolute Gasteiger partial charge is 0.373 e. The molecular weight excluding hydrogens is 236 g/mol. The Hall–Kier alpha value is -1.73. The lowest BCUT2D eigenvalue weighted by Crippen LogP contribution is -2.46. The lowest BCUT2D eigenvalue weighted by Gasteiger charge is -2.33. The summed E-state index contributed by atoms with van der Waals surface area (Å²) in [7, 11) is 0. The molecule has 0 spiro atoms. The number of morpholine rings is 1. The maximum atomic E-state index is 10.7. The number of anilines is 1. The van der Waals surface area contributed by atoms with E-state index in [1.165, 1.54) is 6.07 Å². The molecule has 2 N–H and O–H groups in total. The molecule has 0 saturated carbocycles. The highest BCUT2D eigenvalue weighted by Crippen LogP contribution is 2.21. The van der Waals surface area contributed by atoms with Crippen LogP contribution in [0.4, 0.5) is 11.5 Å². The number of rotatable bonds is 3. The zero-order valence-electron chi connectivity index (χ0n) is 10.2. The van der Waals surface area contributed by atoms with Crippen molar-refractivity contribution < 1.29 is 9.66 Å². The predicted molar refractivity (Wildman–Crippen MR) is 66.6 cm³/mol. The molecule has 0 radical (unpaired) electrons. The summed E-state index contributed by atoms with van der Waals surface area (Å²) < 4.78 is 5.47. The number of nitrogens with zero attached hydrogens (tertiary/aromatic N) is 3. The van der Waals surface area contributed by atoms with Gasteiger partial charge < -0.3 is 15.4 Å². The van der Waals surface area contributed by atoms with Gasteiger partial charge in [0.25, 0.3) is 5.69 Å². The predicted octanol–water partition coefficient (Wildman–Crippen LogP) is 0.462. The molecule has 0 amide bonds. The monoisotopic (exact) mass is 252 g/mol. The van der Waals surface area contributed by atoms with E-state index in [0.29, 0.717) is 25.4 Å². The molecule has 18 heavy (non-hydrogen) atoms. The van der Waals surface area contributed by atoms with E-state index in [-0.39, 0.29) is 11.8 Å². The van der Waals surface area contributed by atoms with Crippen molar-refractivity contribution in [2.45, 2.75) is 13.0 Å². The lowest BCUT2D eigenvalue weighted by molar-refractivity contribution is -0.385. The summed E-state index contributed by atoms with van der Waals surface area (Å²) in [5, 5.41) is 10.7. The van der Waals surface area contributed by atoms with Crippen LogP contribution in [0.5, 0.6) is 0 Å². The Labute approximate surface area is 105 Å². The van der Waals surface area contributed by atoms with Crippen LogP contribution in [0.2, 0.25) is 0 Å². The zero-order chi connectivity index (χ0) is 13.1. The van der Waals surface area contributed by atoms with Crippen LogP contribution in [0, 0.1) is 17.0 Å². The van der Waals surface area contributed by atoms with Crippen molar-refractivity contribution in [3.8, 4) is 0 Å². The van der Waals surface area contributed by atoms with Gasteiger partial charge in [-0.2, -0.15) is 0 Å². The molecule has 7 heteroatoms. The zero-order valence-corrected chi connectivity index (χ0v) is 10.2. The van der Waals surface area contributed by atoms with Gasteiger partial charge in [-0.05, 0) is 13.0 Å². The Bertz CT molecular complexity index is 452. The second kappa shape index (κ2) is 5.28. The van der Waals surface area contributed by atoms with Crippen LogP contribution in [0.25, 0.3) is 0 Å². The van der Waals surface area contributed by atoms with E-state index in [4.69, 9.17) is 10.5 Å². The summed E-state index contributed by atoms with van der Waals surface area (Å²) in [5.74, 6) is 0.736. The van der Waals surface area contributed by atoms with E-state index < -0.39 is 4.92 Å². The molecule has 1 unspecified atom stereocenters. The normalized spacial score (nSPS) is 19.9. The van der Waals surface area contributed by atoms with Crippen molar-refractivity contribution in [2.24, 2.45) is 5.73 Å². The van der Waals surface area contributed by atoms with Gasteiger partial charge in [-0.1, -0.05) is 0 Å². The Morgan fingerprint density at radius 1 is 1.67 bits per heavy atom. The van der Waals surface area contributed by atoms with Crippen molar-refractivity contribution in [1.29, 1.82) is 0 Å². The summed E-state index contributed by atoms with van der Waals surface area (Å²) >= 11 is 0. The maximum Gasteiger partial charge on any atom is 0.290 e. The summed E-state index contributed by atoms with van der Waals surface area (Å²) in [4.78, 5) is 16.6. The molecule has 1 fully saturated rings. The molecule has 0 bridgehead atoms. The minimum Gasteiger partial charge on any atom is -0.373 e. The molecule has 2 rings (SSSR count). The van der Waals surface area contributed by atoms with Crippen molar-refractivity contribution in [1.82, 2.24) is 4.98 Å². The van der Waals surface area contributed by atoms with Crippen LogP contribution in [-0.4, -0.2) is 42.3 Å². The van der Waals surface area contributed by atoms with Crippen LogP contribution in [0.1, 0.15) is 5.69 Å². The average molecular weight is 252 g/mol. The molecule has 1 saturated heterocycles. The summed E-state index contributed by atoms with van der Waals surface area (Å²) in [6.45, 7) is 4.09. The Morgan fingerprint density at radius 2 is 2.44 bits per heavy atom. The summed E-state index contributed by atoms with van der Waals surface area (Å²) in [5.41, 5.74) is 6.04. The van der Waals surface area contributed by atoms with Gasteiger partial charge >= 0.3 is 0 Å². The van der Waals surface area contributed by atoms with E-state index in [2.05, 4.69) is 4.98 Å². The van der Waals surface area contributed by atoms with Crippen molar-refractivity contribution in [3.63, 3.8) is 0 Å². The molecule has 0 aromatic carbocycles. The molecule has 1 aliphatic rings. The minimum absolute atomic E-state index is 0.00366. The average Bonchev–Trinajstić information content (AvgIpc) is 2.38. The molecule has 1 aromatic heterocycles. The van der Waals surface area contributed by atoms with Gasteiger partial charge in [0.1, 0.15) is 11.5 Å². The van der Waals surface area contributed by atoms with E-state index in [9.17, 15) is 10.1 Å². The molecule has 98 valence electrons. The number of hydrogen-bond acceptors (Lipinski definition) is 6. The highest BCUT2D eigenvalue weighted by molar-refractivity contribution is 5.47. The first kappa shape index (κ1) is 12.7. The smallest absolute Gasteiger partial charge is 0.290 e. The highest BCUT2D eigenvalue weighted by Gasteiger charge is 2.21. The SMILES string of the molecule is Cc1nc(N2CCOC(CN)C2)ccc1[N+](=O)[O-]. The second-order valence-electron chi connectivity index (χ2n) is 4.21. The molecule has 1 atom stereocenters. The Balaban J connectivity index is 2.18. The third kappa shape index (κ3) is 2.57. The van der Waals surface area contributed by atoms with Gasteiger partial charge in [0, 0.05) is 25.7 Å². The molecular formula is C11H16N4O3. The fourth-order valence-electron chi connectivity index (χ4n) is 1.98. The molecule has 0 aliphatic carbocycles. The van der Waals surface area contributed by atoms with Gasteiger partial charge in [0.05, 0.1) is 17.6 Å². The number of ether oxygens (including phenoxy) is 1. The van der Waals surface area contributed by atoms with Crippen molar-refractivity contribution >= 4 is 11.5 Å². The highest BCUT2D eigenvalue weighted by atomic mass is 16.6. The first-order valence-corrected chi connectivity index (χ1v) is 5.80. The summed E-state index contributed by atoms with van der Waals surface area (Å²) in [6, 6.07) is 3.16. The van der Waals surface area contributed by atoms with Crippen molar-refractivity contribution in [2.75, 3.05) is 31.1 Å². The van der Waals surface area contributed by atoms with E-state index in [0.717, 1.165) is 12.4 Å². The fraction of sp³-hybridized carbons (Fsp3) is 0.545. The molecule has 2 heterocycles. The number of pyridine rings is 1. The van der Waals surface area contributed by atoms with Gasteiger partial charge in [0.2, 0.25) is 0 Å². The Morgan fingerprint density at radius 3 is 3.06 bits per heavy atom. The van der Waals surface area contributed by atoms with Crippen LogP contribution in [-0.2, 0) is 4.74 Å². The van der Waals surface area contributed by atoms with Gasteiger partial charge in [0.15, 0.2) is 0 Å². The first-order chi connectivity index (χ1) is 8.61. The van der Waals surface area contributed by atoms with E-state index in [1.807, 2.05) is 4.90 Å². The number of hydrogen-bond donors (Lipinski definition) is 1. The second-order valence-corrected chi connectivity index (χ2v) is 4.21. The standard InChI is InChI=1S/C11H16N4O3/c1-8-10(15(16)17)2-3-11(13-8)14-4-5-18-9(6-12)7-14/h2-3,9H,4-7,12H2,1H3. The minimum atomic E-state index is -0.423. The lowest BCUT2D eigenvalue weighted by atomic mass is 10.2. The molecule has 1 aliphatic heterocycles. The van der Waals surface area contributed by atoms with Crippen LogP contribution in [0.15, 0.2) is 12.1 Å². The number of aryl methyl sites for hydroxylation is 1. The number of aromatic nitrogens is 1. The van der Waals surface area contributed by atoms with Crippen LogP contribution in [0.3, 0.4) is 0 Å². The maximum absolute atomic E-state index is 10.7. The first-order valence-electron chi connectivity index (χ1n) is 5.80. The summed E-state index contributed by atoms with van der Waals surface area (Å²) in [6.07, 6.45) is -0.00366. The Kier molecular flexibility index (Phi) is 3.73.